The number of nitrogens with zero attached hydrogens (tertiary/aromatic N) is 8. The van der Waals surface area contributed by atoms with Gasteiger partial charge in [0.05, 0.1) is 44.6 Å². The van der Waals surface area contributed by atoms with Crippen molar-refractivity contribution in [3.05, 3.63) is 88.0 Å². The van der Waals surface area contributed by atoms with E-state index in [9.17, 15) is 73.2 Å². The number of amides is 5. The van der Waals surface area contributed by atoms with Gasteiger partial charge in [-0.05, 0) is 69.0 Å². The van der Waals surface area contributed by atoms with Crippen LogP contribution < -0.4 is 32.1 Å². The number of benzene rings is 2. The highest BCUT2D eigenvalue weighted by Gasteiger charge is 2.37. The van der Waals surface area contributed by atoms with E-state index in [1.54, 1.807) is 62.1 Å². The van der Waals surface area contributed by atoms with Gasteiger partial charge in [-0.3, -0.25) is 77.8 Å². The number of carboxylic acids is 4. The predicted octanol–water partition coefficient (Wildman–Crippen LogP) is -1.02. The van der Waals surface area contributed by atoms with Crippen molar-refractivity contribution in [2.24, 2.45) is 0 Å². The van der Waals surface area contributed by atoms with E-state index in [0.717, 1.165) is 0 Å². The number of carbonyl (C=O) groups excluding carboxylic acids is 6. The van der Waals surface area contributed by atoms with Gasteiger partial charge in [0, 0.05) is 95.1 Å². The number of likely N-dealkylation sites (tertiary alicyclic amines) is 1. The molecule has 2 saturated heterocycles. The summed E-state index contributed by atoms with van der Waals surface area (Å²) in [6.45, 7) is 2.88. The lowest BCUT2D eigenvalue weighted by Gasteiger charge is -2.32. The number of hydrogen-bond acceptors (Lipinski definition) is 19. The molecule has 2 fully saturated rings. The van der Waals surface area contributed by atoms with E-state index < -0.39 is 71.2 Å². The second kappa shape index (κ2) is 30.7. The molecule has 0 saturated carbocycles. The van der Waals surface area contributed by atoms with Crippen LogP contribution in [0.25, 0.3) is 11.2 Å². The van der Waals surface area contributed by atoms with Gasteiger partial charge in [0.1, 0.15) is 23.9 Å². The Morgan fingerprint density at radius 3 is 1.82 bits per heavy atom. The second-order valence-corrected chi connectivity index (χ2v) is 19.8. The van der Waals surface area contributed by atoms with E-state index in [1.807, 2.05) is 0 Å². The van der Waals surface area contributed by atoms with Gasteiger partial charge in [-0.2, -0.15) is 4.98 Å². The quantitative estimate of drug-likeness (QED) is 0.0336. The average Bonchev–Trinajstić information content (AvgIpc) is 4.01. The molecule has 4 heterocycles. The first-order chi connectivity index (χ1) is 39.2. The summed E-state index contributed by atoms with van der Waals surface area (Å²) in [7, 11) is 0. The molecule has 82 heavy (non-hydrogen) atoms. The molecule has 4 aromatic rings. The van der Waals surface area contributed by atoms with Gasteiger partial charge >= 0.3 is 23.9 Å². The highest BCUT2D eigenvalue weighted by atomic mass is 16.4. The van der Waals surface area contributed by atoms with Crippen LogP contribution in [0.2, 0.25) is 0 Å². The molecule has 2 aliphatic rings. The van der Waals surface area contributed by atoms with Crippen molar-refractivity contribution in [2.75, 3.05) is 102 Å². The van der Waals surface area contributed by atoms with Gasteiger partial charge < -0.3 is 46.6 Å². The third kappa shape index (κ3) is 19.8. The summed E-state index contributed by atoms with van der Waals surface area (Å²) in [5.74, 6) is -7.61. The molecule has 29 heteroatoms. The van der Waals surface area contributed by atoms with Gasteiger partial charge in [-0.15, -0.1) is 0 Å². The minimum Gasteiger partial charge on any atom is -0.480 e. The second-order valence-electron chi connectivity index (χ2n) is 19.8. The Morgan fingerprint density at radius 2 is 1.24 bits per heavy atom. The van der Waals surface area contributed by atoms with Crippen molar-refractivity contribution in [1.29, 1.82) is 0 Å². The number of aliphatic carboxylic acids is 4. The minimum atomic E-state index is -1.39. The highest BCUT2D eigenvalue weighted by molar-refractivity contribution is 6.00. The Hall–Kier alpha value is -8.80. The van der Waals surface area contributed by atoms with Crippen LogP contribution in [0.5, 0.6) is 0 Å². The summed E-state index contributed by atoms with van der Waals surface area (Å²) in [4.78, 5) is 162. The van der Waals surface area contributed by atoms with Gasteiger partial charge in [0.25, 0.3) is 17.4 Å². The van der Waals surface area contributed by atoms with Crippen LogP contribution in [0, 0.1) is 0 Å². The first-order valence-corrected chi connectivity index (χ1v) is 26.6. The lowest BCUT2D eigenvalue weighted by Crippen LogP contribution is -2.51. The number of H-pyrrole nitrogens is 1. The van der Waals surface area contributed by atoms with Gasteiger partial charge in [0.2, 0.25) is 23.7 Å². The molecule has 2 aromatic heterocycles. The lowest BCUT2D eigenvalue weighted by molar-refractivity contribution is -0.140. The van der Waals surface area contributed by atoms with E-state index in [1.165, 1.54) is 30.2 Å². The molecule has 0 bridgehead atoms. The van der Waals surface area contributed by atoms with Crippen LogP contribution in [0.3, 0.4) is 0 Å². The lowest BCUT2D eigenvalue weighted by atomic mass is 10.1. The molecule has 3 atom stereocenters. The zero-order valence-corrected chi connectivity index (χ0v) is 45.2. The number of nitrogens with one attached hydrogen (secondary N) is 6. The number of ketones is 1. The van der Waals surface area contributed by atoms with Crippen molar-refractivity contribution in [3.8, 4) is 0 Å². The maximum Gasteiger partial charge on any atom is 0.326 e. The van der Waals surface area contributed by atoms with Crippen LogP contribution in [0.15, 0.2) is 65.6 Å². The van der Waals surface area contributed by atoms with Gasteiger partial charge in [-0.25, -0.2) is 14.8 Å². The van der Waals surface area contributed by atoms with Crippen LogP contribution >= 0.6 is 0 Å². The van der Waals surface area contributed by atoms with Crippen LogP contribution in [-0.4, -0.2) is 234 Å². The van der Waals surface area contributed by atoms with Gasteiger partial charge in [-0.1, -0.05) is 18.2 Å². The Kier molecular flexibility index (Phi) is 23.4. The smallest absolute Gasteiger partial charge is 0.326 e. The maximum absolute atomic E-state index is 13.4. The van der Waals surface area contributed by atoms with E-state index in [4.69, 9.17) is 0 Å². The van der Waals surface area contributed by atoms with Gasteiger partial charge in [0.15, 0.2) is 11.2 Å². The summed E-state index contributed by atoms with van der Waals surface area (Å²) < 4.78 is 0. The van der Waals surface area contributed by atoms with Crippen molar-refractivity contribution in [3.63, 3.8) is 0 Å². The summed E-state index contributed by atoms with van der Waals surface area (Å²) >= 11 is 0. The highest BCUT2D eigenvalue weighted by Crippen LogP contribution is 2.21. The first kappa shape index (κ1) is 62.4. The molecular formula is C53H68N14O15. The molecule has 10 N–H and O–H groups in total. The number of anilines is 2. The molecule has 2 aliphatic heterocycles. The Labute approximate surface area is 469 Å². The summed E-state index contributed by atoms with van der Waals surface area (Å²) in [5, 5.41) is 51.7. The molecule has 440 valence electrons. The number of carbonyl (C=O) groups is 10. The van der Waals surface area contributed by atoms with E-state index in [0.29, 0.717) is 36.3 Å². The van der Waals surface area contributed by atoms with Crippen molar-refractivity contribution in [2.45, 2.75) is 70.1 Å². The minimum absolute atomic E-state index is 0.0105. The molecule has 0 unspecified atom stereocenters. The normalized spacial score (nSPS) is 16.6. The molecule has 5 amide bonds. The fourth-order valence-corrected chi connectivity index (χ4v) is 9.20. The Morgan fingerprint density at radius 1 is 0.683 bits per heavy atom. The molecular weight excluding hydrogens is 1070 g/mol. The van der Waals surface area contributed by atoms with Crippen molar-refractivity contribution >= 4 is 82.0 Å². The monoisotopic (exact) mass is 1140 g/mol. The molecule has 0 radical (unpaired) electrons. The number of aromatic nitrogens is 4. The summed E-state index contributed by atoms with van der Waals surface area (Å²) in [5.41, 5.74) is 0.524. The third-order valence-corrected chi connectivity index (χ3v) is 13.6. The number of Topliss-reactive ketones (excluding diaryl/α,β-unsaturated/α-hetero) is 1. The molecule has 29 nitrogen and oxygen atoms in total. The molecule has 2 aromatic carbocycles. The van der Waals surface area contributed by atoms with Crippen LogP contribution in [0.1, 0.15) is 71.9 Å². The largest absolute Gasteiger partial charge is 0.480 e. The predicted molar refractivity (Wildman–Crippen MR) is 292 cm³/mol. The van der Waals surface area contributed by atoms with Crippen molar-refractivity contribution < 1.29 is 68.4 Å². The van der Waals surface area contributed by atoms with E-state index in [2.05, 4.69) is 46.5 Å². The van der Waals surface area contributed by atoms with E-state index in [-0.39, 0.29) is 152 Å². The summed E-state index contributed by atoms with van der Waals surface area (Å²) in [6, 6.07) is 11.3. The Balaban J connectivity index is 0.916. The number of rotatable bonds is 26. The average molecular weight is 1140 g/mol. The van der Waals surface area contributed by atoms with Crippen LogP contribution in [0.4, 0.5) is 11.6 Å². The van der Waals surface area contributed by atoms with Crippen molar-refractivity contribution in [1.82, 2.24) is 60.4 Å². The molecule has 6 rings (SSSR count). The van der Waals surface area contributed by atoms with Crippen LogP contribution in [-0.2, 0) is 44.9 Å². The topological polar surface area (TPSA) is 400 Å². The fraction of sp³-hybridized carbons (Fsp3) is 0.472. The standard InChI is InChI=1S/C53H68N14O15/c1-33(57-47(76)34-7-3-2-4-8-34)51(80)67-18-6-10-40(67)49(78)61-53-60-46-45(50(79)62-53)58-37(28-56-46)27-55-36-13-11-35(12-14-36)48(77)59-39(52(81)82)16-15-38(68)9-5-17-54-41(69)29-63-19-21-64(30-42(70)71)23-25-66(32-44(74)75)26-24-65(22-20-63)31-43(72)73/h2-4,7-8,11-14,28,33,39-40,55H,5-6,9-10,15-27,29-32H2,1H3,(H,54,69)(H,57,76)(H,59,77)(H,70,71)(H,72,73)(H,74,75)(H,81,82)(H2,56,60,61,62,78,79)/t33-,39+,40+/m1/s1. The number of aromatic amines is 1. The molecule has 0 spiro atoms. The molecule has 0 aliphatic carbocycles. The number of hydrogen-bond donors (Lipinski definition) is 10. The number of carboxylic acid groups (broad SMARTS) is 4. The SMILES string of the molecule is C[C@@H](NC(=O)c1ccccc1)C(=O)N1CCC[C@H]1C(=O)Nc1nc2ncc(CNc3ccc(C(=O)N[C@@H](CCC(=O)CCCNC(=O)CN4CCN(CC(=O)O)CCN(CC(=O)O)CCN(CC(=O)O)CC4)C(=O)O)cc3)nc2c(=O)[nH]1. The third-order valence-electron chi connectivity index (χ3n) is 13.6. The Bertz CT molecular complexity index is 2970. The maximum atomic E-state index is 13.4. The first-order valence-electron chi connectivity index (χ1n) is 26.6. The number of fused-ring (bicyclic) bond motifs is 1. The zero-order chi connectivity index (χ0) is 59.3. The van der Waals surface area contributed by atoms with E-state index >= 15 is 0 Å². The fourth-order valence-electron chi connectivity index (χ4n) is 9.20. The zero-order valence-electron chi connectivity index (χ0n) is 45.2. The summed E-state index contributed by atoms with van der Waals surface area (Å²) in [6.07, 6.45) is 2.14.